The molecule has 3 heteroatoms. The lowest BCUT2D eigenvalue weighted by atomic mass is 9.73. The summed E-state index contributed by atoms with van der Waals surface area (Å²) in [7, 11) is 0. The molecular weight excluding hydrogens is 633 g/mol. The molecule has 2 aromatic heterocycles. The summed E-state index contributed by atoms with van der Waals surface area (Å²) in [5.74, 6) is 1.95. The Kier molecular flexibility index (Phi) is 6.15. The van der Waals surface area contributed by atoms with Crippen molar-refractivity contribution < 1.29 is 4.74 Å². The molecule has 7 aromatic carbocycles. The molecule has 1 aliphatic heterocycles. The number of ether oxygens (including phenoxy) is 1. The molecular formula is C49H34N2O. The smallest absolute Gasteiger partial charge is 0.155 e. The van der Waals surface area contributed by atoms with Crippen molar-refractivity contribution >= 4 is 49.2 Å². The number of fused-ring (bicyclic) bond motifs is 9. The summed E-state index contributed by atoms with van der Waals surface area (Å²) in [6.07, 6.45) is 5.33. The van der Waals surface area contributed by atoms with Crippen LogP contribution in [0.2, 0.25) is 0 Å². The van der Waals surface area contributed by atoms with Crippen molar-refractivity contribution in [2.24, 2.45) is 0 Å². The average molecular weight is 667 g/mol. The predicted molar refractivity (Wildman–Crippen MR) is 216 cm³/mol. The highest BCUT2D eigenvalue weighted by Gasteiger charge is 2.44. The van der Waals surface area contributed by atoms with Crippen LogP contribution in [-0.2, 0) is 5.41 Å². The van der Waals surface area contributed by atoms with Crippen LogP contribution in [0.25, 0.3) is 71.7 Å². The van der Waals surface area contributed by atoms with Gasteiger partial charge in [-0.25, -0.2) is 0 Å². The second-order valence-electron chi connectivity index (χ2n) is 14.4. The van der Waals surface area contributed by atoms with E-state index in [9.17, 15) is 0 Å². The first-order valence-electron chi connectivity index (χ1n) is 18.1. The highest BCUT2D eigenvalue weighted by molar-refractivity contribution is 6.11. The van der Waals surface area contributed by atoms with Gasteiger partial charge in [-0.15, -0.1) is 0 Å². The quantitative estimate of drug-likeness (QED) is 0.183. The number of hydrogen-bond acceptors (Lipinski definition) is 1. The first-order valence-corrected chi connectivity index (χ1v) is 18.1. The highest BCUT2D eigenvalue weighted by atomic mass is 16.5. The van der Waals surface area contributed by atoms with E-state index in [-0.39, 0.29) is 5.41 Å². The zero-order valence-electron chi connectivity index (χ0n) is 28.8. The van der Waals surface area contributed by atoms with Crippen LogP contribution in [0.15, 0.2) is 182 Å². The van der Waals surface area contributed by atoms with Crippen LogP contribution in [-0.4, -0.2) is 9.13 Å². The van der Waals surface area contributed by atoms with E-state index >= 15 is 0 Å². The van der Waals surface area contributed by atoms with Gasteiger partial charge in [0.05, 0.1) is 33.2 Å². The largest absolute Gasteiger partial charge is 0.458 e. The number of hydrogen-bond donors (Lipinski definition) is 0. The van der Waals surface area contributed by atoms with Gasteiger partial charge in [-0.3, -0.25) is 0 Å². The standard InChI is InChI=1S/C49H34N2O/c1-49-31-35(34-24-26-44-39(30-34)37-17-8-10-20-42(37)50(44)36-15-6-3-7-16-36)25-28-47(49)52-48-41(49)19-12-22-46(48)51-43-21-11-9-18-38(43)40-29-33(23-27-45(40)51)32-13-4-2-5-14-32/h2-30H,31H2,1H3. The van der Waals surface area contributed by atoms with E-state index < -0.39 is 0 Å². The Morgan fingerprint density at radius 3 is 1.83 bits per heavy atom. The second kappa shape index (κ2) is 11.0. The van der Waals surface area contributed by atoms with Gasteiger partial charge in [0.2, 0.25) is 0 Å². The van der Waals surface area contributed by atoms with Crippen LogP contribution < -0.4 is 4.74 Å². The van der Waals surface area contributed by atoms with E-state index in [4.69, 9.17) is 4.74 Å². The zero-order chi connectivity index (χ0) is 34.4. The molecule has 0 bridgehead atoms. The second-order valence-corrected chi connectivity index (χ2v) is 14.4. The van der Waals surface area contributed by atoms with Crippen molar-refractivity contribution in [2.45, 2.75) is 18.8 Å². The minimum Gasteiger partial charge on any atom is -0.458 e. The number of nitrogens with zero attached hydrogens (tertiary/aromatic N) is 2. The van der Waals surface area contributed by atoms with Gasteiger partial charge < -0.3 is 13.9 Å². The minimum absolute atomic E-state index is 0.290. The fourth-order valence-electron chi connectivity index (χ4n) is 8.88. The van der Waals surface area contributed by atoms with Crippen LogP contribution in [0.3, 0.4) is 0 Å². The fourth-order valence-corrected chi connectivity index (χ4v) is 8.88. The molecule has 1 aliphatic carbocycles. The van der Waals surface area contributed by atoms with Crippen molar-refractivity contribution in [1.82, 2.24) is 9.13 Å². The molecule has 1 unspecified atom stereocenters. The molecule has 246 valence electrons. The monoisotopic (exact) mass is 666 g/mol. The van der Waals surface area contributed by atoms with Gasteiger partial charge in [-0.05, 0) is 96.3 Å². The van der Waals surface area contributed by atoms with Gasteiger partial charge in [0.15, 0.2) is 5.75 Å². The fraction of sp³-hybridized carbons (Fsp3) is 0.0612. The Morgan fingerprint density at radius 1 is 0.481 bits per heavy atom. The number of aromatic nitrogens is 2. The average Bonchev–Trinajstić information content (AvgIpc) is 3.83. The molecule has 0 N–H and O–H groups in total. The Morgan fingerprint density at radius 2 is 1.08 bits per heavy atom. The molecule has 0 spiro atoms. The summed E-state index contributed by atoms with van der Waals surface area (Å²) in [4.78, 5) is 0. The van der Waals surface area contributed by atoms with Crippen LogP contribution in [0.4, 0.5) is 0 Å². The van der Waals surface area contributed by atoms with Crippen molar-refractivity contribution in [3.63, 3.8) is 0 Å². The Bertz CT molecular complexity index is 2960. The topological polar surface area (TPSA) is 19.1 Å². The Hall–Kier alpha value is -6.58. The first-order chi connectivity index (χ1) is 25.7. The third-order valence-electron chi connectivity index (χ3n) is 11.4. The molecule has 2 aliphatic rings. The molecule has 11 rings (SSSR count). The normalized spacial score (nSPS) is 16.6. The van der Waals surface area contributed by atoms with Gasteiger partial charge in [0, 0.05) is 32.8 Å². The van der Waals surface area contributed by atoms with Gasteiger partial charge in [0.1, 0.15) is 5.76 Å². The molecule has 0 fully saturated rings. The van der Waals surface area contributed by atoms with Gasteiger partial charge in [0.25, 0.3) is 0 Å². The van der Waals surface area contributed by atoms with E-state index in [1.807, 2.05) is 0 Å². The molecule has 0 saturated carbocycles. The zero-order valence-corrected chi connectivity index (χ0v) is 28.8. The van der Waals surface area contributed by atoms with Crippen molar-refractivity contribution in [3.05, 3.63) is 193 Å². The van der Waals surface area contributed by atoms with Crippen molar-refractivity contribution in [2.75, 3.05) is 0 Å². The molecule has 52 heavy (non-hydrogen) atoms. The first kappa shape index (κ1) is 29.2. The van der Waals surface area contributed by atoms with Gasteiger partial charge in [-0.2, -0.15) is 0 Å². The lowest BCUT2D eigenvalue weighted by molar-refractivity contribution is 0.379. The number of benzene rings is 7. The third kappa shape index (κ3) is 4.14. The predicted octanol–water partition coefficient (Wildman–Crippen LogP) is 12.6. The summed E-state index contributed by atoms with van der Waals surface area (Å²) in [5, 5.41) is 5.01. The van der Waals surface area contributed by atoms with Crippen LogP contribution in [0.5, 0.6) is 5.75 Å². The van der Waals surface area contributed by atoms with Crippen LogP contribution >= 0.6 is 0 Å². The summed E-state index contributed by atoms with van der Waals surface area (Å²) < 4.78 is 11.7. The van der Waals surface area contributed by atoms with Crippen LogP contribution in [0, 0.1) is 0 Å². The summed E-state index contributed by atoms with van der Waals surface area (Å²) >= 11 is 0. The van der Waals surface area contributed by atoms with Gasteiger partial charge >= 0.3 is 0 Å². The summed E-state index contributed by atoms with van der Waals surface area (Å²) in [5.41, 5.74) is 13.0. The van der Waals surface area contributed by atoms with E-state index in [1.165, 1.54) is 77.1 Å². The van der Waals surface area contributed by atoms with E-state index in [0.717, 1.165) is 23.6 Å². The minimum atomic E-state index is -0.290. The van der Waals surface area contributed by atoms with Crippen LogP contribution in [0.1, 0.15) is 24.5 Å². The Balaban J connectivity index is 1.02. The maximum atomic E-state index is 6.92. The molecule has 1 atom stereocenters. The van der Waals surface area contributed by atoms with Crippen molar-refractivity contribution in [3.8, 4) is 28.3 Å². The lowest BCUT2D eigenvalue weighted by Gasteiger charge is -2.29. The van der Waals surface area contributed by atoms with E-state index in [0.29, 0.717) is 0 Å². The molecule has 0 saturated heterocycles. The summed E-state index contributed by atoms with van der Waals surface area (Å²) in [6, 6.07) is 59.3. The van der Waals surface area contributed by atoms with Gasteiger partial charge in [-0.1, -0.05) is 115 Å². The third-order valence-corrected chi connectivity index (χ3v) is 11.4. The maximum absolute atomic E-state index is 6.92. The van der Waals surface area contributed by atoms with E-state index in [2.05, 4.69) is 192 Å². The SMILES string of the molecule is CC12CC(c3ccc4c(c3)c3ccccc3n4-c3ccccc3)=CC=C1Oc1c(-n3c4ccccc4c4cc(-c5ccccc5)ccc43)cccc12. The lowest BCUT2D eigenvalue weighted by Crippen LogP contribution is -2.24. The Labute approximate surface area is 302 Å². The molecule has 3 heterocycles. The molecule has 9 aromatic rings. The molecule has 0 amide bonds. The number of rotatable bonds is 4. The number of allylic oxidation sites excluding steroid dienone is 4. The molecule has 3 nitrogen and oxygen atoms in total. The molecule has 0 radical (unpaired) electrons. The number of para-hydroxylation sites is 4. The van der Waals surface area contributed by atoms with E-state index in [1.54, 1.807) is 0 Å². The maximum Gasteiger partial charge on any atom is 0.155 e. The van der Waals surface area contributed by atoms with Crippen molar-refractivity contribution in [1.29, 1.82) is 0 Å². The highest BCUT2D eigenvalue weighted by Crippen LogP contribution is 2.54. The summed E-state index contributed by atoms with van der Waals surface area (Å²) in [6.45, 7) is 2.35.